The van der Waals surface area contributed by atoms with Crippen LogP contribution in [-0.4, -0.2) is 22.5 Å². The molecule has 1 aromatic heterocycles. The molecule has 0 saturated carbocycles. The van der Waals surface area contributed by atoms with Gasteiger partial charge in [-0.05, 0) is 30.3 Å². The first-order chi connectivity index (χ1) is 17.2. The molecule has 1 N–H and O–H groups in total. The van der Waals surface area contributed by atoms with Crippen LogP contribution in [0.15, 0.2) is 122 Å². The van der Waals surface area contributed by atoms with Crippen molar-refractivity contribution in [3.8, 4) is 22.5 Å². The van der Waals surface area contributed by atoms with Crippen LogP contribution in [0.1, 0.15) is 0 Å². The Bertz CT molecular complexity index is 1470. The minimum Gasteiger partial charge on any atom is -0.307 e. The smallest absolute Gasteiger partial charge is 0.307 e. The largest absolute Gasteiger partial charge is 0.326 e. The summed E-state index contributed by atoms with van der Waals surface area (Å²) in [4.78, 5) is 24.7. The summed E-state index contributed by atoms with van der Waals surface area (Å²) in [6.07, 6.45) is 1.70. The quantitative estimate of drug-likeness (QED) is 0.275. The van der Waals surface area contributed by atoms with Gasteiger partial charge in [0.25, 0.3) is 0 Å². The van der Waals surface area contributed by atoms with Gasteiger partial charge < -0.3 is 5.32 Å². The fourth-order valence-corrected chi connectivity index (χ4v) is 3.96. The van der Waals surface area contributed by atoms with Gasteiger partial charge in [-0.15, -0.1) is 6.58 Å². The van der Waals surface area contributed by atoms with Crippen LogP contribution >= 0.6 is 0 Å². The van der Waals surface area contributed by atoms with Crippen LogP contribution in [0.5, 0.6) is 0 Å². The first kappa shape index (κ1) is 22.0. The number of urea groups is 1. The number of rotatable bonds is 6. The number of carbonyl (C=O) groups is 1. The van der Waals surface area contributed by atoms with Crippen molar-refractivity contribution in [2.75, 3.05) is 16.8 Å². The SMILES string of the molecule is C=CCN(C(=O)Nc1ccc2nc(-c3ccccc3)c(-c3ccccc3)nc2c1)c1ccccc1. The van der Waals surface area contributed by atoms with Gasteiger partial charge in [0.2, 0.25) is 0 Å². The lowest BCUT2D eigenvalue weighted by atomic mass is 10.0. The number of hydrogen-bond donors (Lipinski definition) is 1. The van der Waals surface area contributed by atoms with Crippen molar-refractivity contribution in [3.05, 3.63) is 122 Å². The van der Waals surface area contributed by atoms with Crippen LogP contribution in [0.3, 0.4) is 0 Å². The highest BCUT2D eigenvalue weighted by Crippen LogP contribution is 2.31. The summed E-state index contributed by atoms with van der Waals surface area (Å²) < 4.78 is 0. The van der Waals surface area contributed by atoms with Gasteiger partial charge in [-0.2, -0.15) is 0 Å². The summed E-state index contributed by atoms with van der Waals surface area (Å²) in [5.41, 5.74) is 6.51. The zero-order valence-electron chi connectivity index (χ0n) is 19.1. The Balaban J connectivity index is 1.53. The average Bonchev–Trinajstić information content (AvgIpc) is 2.92. The van der Waals surface area contributed by atoms with Gasteiger partial charge in [0.1, 0.15) is 0 Å². The summed E-state index contributed by atoms with van der Waals surface area (Å²) in [6.45, 7) is 4.18. The summed E-state index contributed by atoms with van der Waals surface area (Å²) in [5, 5.41) is 2.99. The minimum atomic E-state index is -0.243. The number of nitrogens with one attached hydrogen (secondary N) is 1. The highest BCUT2D eigenvalue weighted by atomic mass is 16.2. The molecule has 0 radical (unpaired) electrons. The fourth-order valence-electron chi connectivity index (χ4n) is 3.96. The summed E-state index contributed by atoms with van der Waals surface area (Å²) in [5.74, 6) is 0. The van der Waals surface area contributed by atoms with Crippen LogP contribution in [-0.2, 0) is 0 Å². The van der Waals surface area contributed by atoms with Crippen molar-refractivity contribution < 1.29 is 4.79 Å². The molecule has 5 rings (SSSR count). The second-order valence-electron chi connectivity index (χ2n) is 8.02. The maximum atomic E-state index is 13.1. The van der Waals surface area contributed by atoms with E-state index in [1.807, 2.05) is 109 Å². The van der Waals surface area contributed by atoms with Crippen LogP contribution in [0.25, 0.3) is 33.5 Å². The number of benzene rings is 4. The van der Waals surface area contributed by atoms with E-state index in [2.05, 4.69) is 11.9 Å². The molecule has 0 atom stereocenters. The highest BCUT2D eigenvalue weighted by Gasteiger charge is 2.16. The predicted octanol–water partition coefficient (Wildman–Crippen LogP) is 7.19. The van der Waals surface area contributed by atoms with Gasteiger partial charge in [-0.1, -0.05) is 84.9 Å². The Labute approximate surface area is 204 Å². The molecule has 0 aliphatic carbocycles. The molecule has 0 bridgehead atoms. The van der Waals surface area contributed by atoms with E-state index in [0.29, 0.717) is 17.7 Å². The molecule has 35 heavy (non-hydrogen) atoms. The van der Waals surface area contributed by atoms with E-state index in [0.717, 1.165) is 33.7 Å². The third-order valence-corrected chi connectivity index (χ3v) is 5.63. The maximum Gasteiger partial charge on any atom is 0.326 e. The second-order valence-corrected chi connectivity index (χ2v) is 8.02. The topological polar surface area (TPSA) is 58.1 Å². The van der Waals surface area contributed by atoms with E-state index in [-0.39, 0.29) is 6.03 Å². The number of anilines is 2. The van der Waals surface area contributed by atoms with E-state index >= 15 is 0 Å². The molecule has 0 spiro atoms. The van der Waals surface area contributed by atoms with Crippen LogP contribution < -0.4 is 10.2 Å². The van der Waals surface area contributed by atoms with E-state index in [9.17, 15) is 4.79 Å². The Morgan fingerprint density at radius 1 is 0.743 bits per heavy atom. The van der Waals surface area contributed by atoms with Gasteiger partial charge in [-0.3, -0.25) is 4.90 Å². The highest BCUT2D eigenvalue weighted by molar-refractivity contribution is 6.03. The van der Waals surface area contributed by atoms with Gasteiger partial charge in [0, 0.05) is 29.0 Å². The van der Waals surface area contributed by atoms with Crippen molar-refractivity contribution in [1.82, 2.24) is 9.97 Å². The van der Waals surface area contributed by atoms with Crippen LogP contribution in [0, 0.1) is 0 Å². The van der Waals surface area contributed by atoms with E-state index < -0.39 is 0 Å². The third kappa shape index (κ3) is 4.80. The Hall–Kier alpha value is -4.77. The van der Waals surface area contributed by atoms with Gasteiger partial charge >= 0.3 is 6.03 Å². The molecule has 2 amide bonds. The lowest BCUT2D eigenvalue weighted by Gasteiger charge is -2.22. The molecule has 0 unspecified atom stereocenters. The number of para-hydroxylation sites is 1. The van der Waals surface area contributed by atoms with Crippen molar-refractivity contribution >= 4 is 28.4 Å². The maximum absolute atomic E-state index is 13.1. The first-order valence-electron chi connectivity index (χ1n) is 11.4. The van der Waals surface area contributed by atoms with E-state index in [1.54, 1.807) is 11.0 Å². The summed E-state index contributed by atoms with van der Waals surface area (Å²) in [7, 11) is 0. The van der Waals surface area contributed by atoms with E-state index in [4.69, 9.17) is 9.97 Å². The summed E-state index contributed by atoms with van der Waals surface area (Å²) in [6, 6.07) is 34.9. The normalized spacial score (nSPS) is 10.6. The standard InChI is InChI=1S/C30H24N4O/c1-2-20-34(25-16-10-5-11-17-25)30(35)31-24-18-19-26-27(21-24)33-29(23-14-8-4-9-15-23)28(32-26)22-12-6-3-7-13-22/h2-19,21H,1,20H2,(H,31,35). The third-order valence-electron chi connectivity index (χ3n) is 5.63. The first-order valence-corrected chi connectivity index (χ1v) is 11.4. The van der Waals surface area contributed by atoms with E-state index in [1.165, 1.54) is 0 Å². The van der Waals surface area contributed by atoms with Crippen LogP contribution in [0.4, 0.5) is 16.2 Å². The van der Waals surface area contributed by atoms with Gasteiger partial charge in [0.15, 0.2) is 0 Å². The average molecular weight is 457 g/mol. The second kappa shape index (κ2) is 10.0. The van der Waals surface area contributed by atoms with Gasteiger partial charge in [0.05, 0.1) is 22.4 Å². The molecule has 0 aliphatic rings. The Kier molecular flexibility index (Phi) is 6.31. The fraction of sp³-hybridized carbons (Fsp3) is 0.0333. The minimum absolute atomic E-state index is 0.243. The summed E-state index contributed by atoms with van der Waals surface area (Å²) >= 11 is 0. The number of aromatic nitrogens is 2. The lowest BCUT2D eigenvalue weighted by molar-refractivity contribution is 0.257. The number of fused-ring (bicyclic) bond motifs is 1. The zero-order valence-corrected chi connectivity index (χ0v) is 19.1. The number of carbonyl (C=O) groups excluding carboxylic acids is 1. The predicted molar refractivity (Wildman–Crippen MR) is 143 cm³/mol. The molecule has 170 valence electrons. The molecule has 0 fully saturated rings. The van der Waals surface area contributed by atoms with Crippen molar-refractivity contribution in [1.29, 1.82) is 0 Å². The number of nitrogens with zero attached hydrogens (tertiary/aromatic N) is 3. The molecule has 5 aromatic rings. The Morgan fingerprint density at radius 2 is 1.29 bits per heavy atom. The van der Waals surface area contributed by atoms with Crippen molar-refractivity contribution in [2.45, 2.75) is 0 Å². The molecule has 1 heterocycles. The zero-order chi connectivity index (χ0) is 24.0. The molecule has 5 heteroatoms. The van der Waals surface area contributed by atoms with Crippen molar-refractivity contribution in [2.24, 2.45) is 0 Å². The number of amides is 2. The lowest BCUT2D eigenvalue weighted by Crippen LogP contribution is -2.35. The molecular formula is C30H24N4O. The molecular weight excluding hydrogens is 432 g/mol. The molecule has 5 nitrogen and oxygen atoms in total. The van der Waals surface area contributed by atoms with Crippen LogP contribution in [0.2, 0.25) is 0 Å². The van der Waals surface area contributed by atoms with Gasteiger partial charge in [-0.25, -0.2) is 14.8 Å². The molecule has 0 saturated heterocycles. The Morgan fingerprint density at radius 3 is 1.86 bits per heavy atom. The molecule has 4 aromatic carbocycles. The number of hydrogen-bond acceptors (Lipinski definition) is 3. The van der Waals surface area contributed by atoms with Crippen molar-refractivity contribution in [3.63, 3.8) is 0 Å². The monoisotopic (exact) mass is 456 g/mol. The molecule has 0 aliphatic heterocycles.